The Labute approximate surface area is 115 Å². The number of methoxy groups -OCH3 is 2. The molecule has 1 aromatic rings. The lowest BCUT2D eigenvalue weighted by Gasteiger charge is -2.19. The van der Waals surface area contributed by atoms with E-state index in [1.807, 2.05) is 0 Å². The largest absolute Gasteiger partial charge is 0.504 e. The van der Waals surface area contributed by atoms with Crippen LogP contribution >= 0.6 is 0 Å². The summed E-state index contributed by atoms with van der Waals surface area (Å²) in [4.78, 5) is 22.1. The van der Waals surface area contributed by atoms with E-state index in [0.29, 0.717) is 6.29 Å². The third-order valence-electron chi connectivity index (χ3n) is 2.84. The van der Waals surface area contributed by atoms with Crippen molar-refractivity contribution < 1.29 is 34.4 Å². The Morgan fingerprint density at radius 2 is 2.00 bits per heavy atom. The SMILES string of the molecule is COC(=O)CC(O)C(O)c1ccc(OC)c(O)c1C=O. The summed E-state index contributed by atoms with van der Waals surface area (Å²) in [5.41, 5.74) is -0.213. The Morgan fingerprint density at radius 1 is 1.35 bits per heavy atom. The molecular weight excluding hydrogens is 268 g/mol. The molecule has 0 spiro atoms. The van der Waals surface area contributed by atoms with Crippen molar-refractivity contribution in [3.8, 4) is 11.5 Å². The number of aromatic hydroxyl groups is 1. The summed E-state index contributed by atoms with van der Waals surface area (Å²) in [6.07, 6.45) is -3.09. The van der Waals surface area contributed by atoms with Gasteiger partial charge >= 0.3 is 5.97 Å². The lowest BCUT2D eigenvalue weighted by Crippen LogP contribution is -2.23. The first kappa shape index (κ1) is 15.9. The van der Waals surface area contributed by atoms with Gasteiger partial charge in [0.2, 0.25) is 0 Å². The molecule has 7 nitrogen and oxygen atoms in total. The van der Waals surface area contributed by atoms with Crippen molar-refractivity contribution in [3.05, 3.63) is 23.3 Å². The van der Waals surface area contributed by atoms with Crippen LogP contribution in [-0.2, 0) is 9.53 Å². The smallest absolute Gasteiger partial charge is 0.308 e. The van der Waals surface area contributed by atoms with Crippen LogP contribution in [-0.4, -0.2) is 47.9 Å². The van der Waals surface area contributed by atoms with E-state index in [1.165, 1.54) is 19.2 Å². The van der Waals surface area contributed by atoms with Crippen LogP contribution in [0, 0.1) is 0 Å². The molecule has 0 fully saturated rings. The molecule has 0 aromatic heterocycles. The molecule has 0 aliphatic rings. The number of aliphatic hydroxyl groups is 2. The molecule has 2 atom stereocenters. The fourth-order valence-electron chi connectivity index (χ4n) is 1.72. The first-order chi connectivity index (χ1) is 9.46. The lowest BCUT2D eigenvalue weighted by molar-refractivity contribution is -0.144. The number of carbonyl (C=O) groups excluding carboxylic acids is 2. The molecule has 0 radical (unpaired) electrons. The zero-order chi connectivity index (χ0) is 15.3. The zero-order valence-electron chi connectivity index (χ0n) is 11.1. The normalized spacial score (nSPS) is 13.4. The van der Waals surface area contributed by atoms with Crippen molar-refractivity contribution in [2.75, 3.05) is 14.2 Å². The van der Waals surface area contributed by atoms with E-state index in [2.05, 4.69) is 4.74 Å². The van der Waals surface area contributed by atoms with Gasteiger partial charge in [-0.2, -0.15) is 0 Å². The average Bonchev–Trinajstić information content (AvgIpc) is 2.45. The average molecular weight is 284 g/mol. The van der Waals surface area contributed by atoms with E-state index in [0.717, 1.165) is 7.11 Å². The van der Waals surface area contributed by atoms with Gasteiger partial charge in [0.05, 0.1) is 32.3 Å². The standard InChI is InChI=1S/C13H16O7/c1-19-10-4-3-7(8(6-14)13(10)18)12(17)9(15)5-11(16)20-2/h3-4,6,9,12,15,17-18H,5H2,1-2H3. The molecule has 0 saturated carbocycles. The van der Waals surface area contributed by atoms with Crippen LogP contribution < -0.4 is 4.74 Å². The Morgan fingerprint density at radius 3 is 2.50 bits per heavy atom. The van der Waals surface area contributed by atoms with Crippen molar-refractivity contribution in [2.45, 2.75) is 18.6 Å². The third kappa shape index (κ3) is 3.25. The number of benzene rings is 1. The van der Waals surface area contributed by atoms with Crippen LogP contribution in [0.4, 0.5) is 0 Å². The summed E-state index contributed by atoms with van der Waals surface area (Å²) >= 11 is 0. The number of hydrogen-bond acceptors (Lipinski definition) is 7. The molecule has 1 rings (SSSR count). The van der Waals surface area contributed by atoms with Gasteiger partial charge in [0.25, 0.3) is 0 Å². The molecule has 3 N–H and O–H groups in total. The van der Waals surface area contributed by atoms with E-state index in [1.54, 1.807) is 0 Å². The van der Waals surface area contributed by atoms with Crippen molar-refractivity contribution in [1.29, 1.82) is 0 Å². The summed E-state index contributed by atoms with van der Waals surface area (Å²) in [7, 11) is 2.46. The lowest BCUT2D eigenvalue weighted by atomic mass is 9.96. The molecule has 0 aliphatic carbocycles. The molecule has 0 aliphatic heterocycles. The fraction of sp³-hybridized carbons (Fsp3) is 0.385. The molecule has 7 heteroatoms. The van der Waals surface area contributed by atoms with E-state index in [4.69, 9.17) is 4.74 Å². The van der Waals surface area contributed by atoms with E-state index in [9.17, 15) is 24.9 Å². The molecular formula is C13H16O7. The number of esters is 1. The van der Waals surface area contributed by atoms with Gasteiger partial charge in [-0.15, -0.1) is 0 Å². The van der Waals surface area contributed by atoms with Gasteiger partial charge in [-0.25, -0.2) is 0 Å². The Hall–Kier alpha value is -2.12. The van der Waals surface area contributed by atoms with Gasteiger partial charge in [-0.3, -0.25) is 9.59 Å². The second-order valence-electron chi connectivity index (χ2n) is 4.03. The van der Waals surface area contributed by atoms with Gasteiger partial charge in [-0.1, -0.05) is 6.07 Å². The predicted molar refractivity (Wildman–Crippen MR) is 67.6 cm³/mol. The Bertz CT molecular complexity index is 498. The zero-order valence-corrected chi connectivity index (χ0v) is 11.1. The summed E-state index contributed by atoms with van der Waals surface area (Å²) in [6, 6.07) is 2.67. The van der Waals surface area contributed by atoms with Gasteiger partial charge < -0.3 is 24.8 Å². The highest BCUT2D eigenvalue weighted by molar-refractivity contribution is 5.83. The van der Waals surface area contributed by atoms with Crippen LogP contribution in [0.15, 0.2) is 12.1 Å². The van der Waals surface area contributed by atoms with Gasteiger partial charge in [0, 0.05) is 0 Å². The molecule has 0 heterocycles. The number of rotatable bonds is 6. The summed E-state index contributed by atoms with van der Waals surface area (Å²) in [5, 5.41) is 29.5. The van der Waals surface area contributed by atoms with Crippen LogP contribution in [0.3, 0.4) is 0 Å². The molecule has 0 amide bonds. The Balaban J connectivity index is 3.09. The minimum Gasteiger partial charge on any atom is -0.504 e. The minimum atomic E-state index is -1.52. The van der Waals surface area contributed by atoms with Crippen molar-refractivity contribution in [1.82, 2.24) is 0 Å². The van der Waals surface area contributed by atoms with Crippen molar-refractivity contribution in [3.63, 3.8) is 0 Å². The first-order valence-electron chi connectivity index (χ1n) is 5.74. The highest BCUT2D eigenvalue weighted by Crippen LogP contribution is 2.35. The summed E-state index contributed by atoms with van der Waals surface area (Å²) < 4.78 is 9.21. The molecule has 110 valence electrons. The van der Waals surface area contributed by atoms with Crippen LogP contribution in [0.5, 0.6) is 11.5 Å². The van der Waals surface area contributed by atoms with Gasteiger partial charge in [0.1, 0.15) is 6.10 Å². The predicted octanol–water partition coefficient (Wildman–Crippen LogP) is 0.171. The molecule has 1 aromatic carbocycles. The summed E-state index contributed by atoms with van der Waals surface area (Å²) in [6.45, 7) is 0. The summed E-state index contributed by atoms with van der Waals surface area (Å²) in [5.74, 6) is -1.09. The molecule has 20 heavy (non-hydrogen) atoms. The minimum absolute atomic E-state index is 0.00490. The maximum atomic E-state index is 11.0. The van der Waals surface area contributed by atoms with Crippen LogP contribution in [0.25, 0.3) is 0 Å². The number of aliphatic hydroxyl groups excluding tert-OH is 2. The number of aldehydes is 1. The molecule has 0 saturated heterocycles. The van der Waals surface area contributed by atoms with Crippen molar-refractivity contribution >= 4 is 12.3 Å². The molecule has 2 unspecified atom stereocenters. The number of carbonyl (C=O) groups is 2. The Kier molecular flexibility index (Phi) is 5.48. The van der Waals surface area contributed by atoms with E-state index >= 15 is 0 Å². The second kappa shape index (κ2) is 6.88. The number of phenolic OH excluding ortho intramolecular Hbond substituents is 1. The first-order valence-corrected chi connectivity index (χ1v) is 5.74. The highest BCUT2D eigenvalue weighted by Gasteiger charge is 2.26. The maximum Gasteiger partial charge on any atom is 0.308 e. The molecule has 0 bridgehead atoms. The quantitative estimate of drug-likeness (QED) is 0.504. The number of hydrogen-bond donors (Lipinski definition) is 3. The van der Waals surface area contributed by atoms with Crippen LogP contribution in [0.2, 0.25) is 0 Å². The highest BCUT2D eigenvalue weighted by atomic mass is 16.5. The topological polar surface area (TPSA) is 113 Å². The van der Waals surface area contributed by atoms with E-state index in [-0.39, 0.29) is 16.9 Å². The van der Waals surface area contributed by atoms with Gasteiger partial charge in [-0.05, 0) is 11.6 Å². The monoisotopic (exact) mass is 284 g/mol. The fourth-order valence-corrected chi connectivity index (χ4v) is 1.72. The van der Waals surface area contributed by atoms with Crippen LogP contribution in [0.1, 0.15) is 28.4 Å². The van der Waals surface area contributed by atoms with E-state index < -0.39 is 30.3 Å². The maximum absolute atomic E-state index is 11.0. The van der Waals surface area contributed by atoms with Gasteiger partial charge in [0.15, 0.2) is 17.8 Å². The third-order valence-corrected chi connectivity index (χ3v) is 2.84. The van der Waals surface area contributed by atoms with Crippen molar-refractivity contribution in [2.24, 2.45) is 0 Å². The number of ether oxygens (including phenoxy) is 2. The second-order valence-corrected chi connectivity index (χ2v) is 4.03. The number of phenols is 1.